The smallest absolute Gasteiger partial charge is 0.202 e. The van der Waals surface area contributed by atoms with Crippen LogP contribution in [0.15, 0.2) is 0 Å². The quantitative estimate of drug-likeness (QED) is 0.846. The van der Waals surface area contributed by atoms with Gasteiger partial charge in [-0.15, -0.1) is 0 Å². The lowest BCUT2D eigenvalue weighted by Crippen LogP contribution is -2.33. The van der Waals surface area contributed by atoms with E-state index < -0.39 is 0 Å². The van der Waals surface area contributed by atoms with Gasteiger partial charge < -0.3 is 10.2 Å². The Hall–Kier alpha value is -0.680. The summed E-state index contributed by atoms with van der Waals surface area (Å²) in [5.41, 5.74) is 0. The second kappa shape index (κ2) is 6.31. The molecule has 17 heavy (non-hydrogen) atoms. The summed E-state index contributed by atoms with van der Waals surface area (Å²) in [5.74, 6) is 0.946. The van der Waals surface area contributed by atoms with Crippen molar-refractivity contribution in [2.75, 3.05) is 25.5 Å². The molecule has 0 spiro atoms. The van der Waals surface area contributed by atoms with Crippen molar-refractivity contribution in [1.82, 2.24) is 14.3 Å². The Labute approximate surface area is 108 Å². The first kappa shape index (κ1) is 12.8. The Balaban J connectivity index is 1.68. The minimum atomic E-state index is 0.803. The lowest BCUT2D eigenvalue weighted by atomic mass is 10.2. The van der Waals surface area contributed by atoms with Crippen molar-refractivity contribution in [3.8, 4) is 0 Å². The van der Waals surface area contributed by atoms with E-state index >= 15 is 0 Å². The zero-order valence-corrected chi connectivity index (χ0v) is 11.6. The van der Waals surface area contributed by atoms with Gasteiger partial charge in [-0.25, -0.2) is 4.98 Å². The minimum Gasteiger partial charge on any atom is -0.359 e. The highest BCUT2D eigenvalue weighted by Crippen LogP contribution is 2.22. The van der Waals surface area contributed by atoms with Gasteiger partial charge in [0, 0.05) is 37.1 Å². The highest BCUT2D eigenvalue weighted by Gasteiger charge is 2.18. The molecule has 0 aliphatic heterocycles. The van der Waals surface area contributed by atoms with Crippen LogP contribution in [0.5, 0.6) is 0 Å². The minimum absolute atomic E-state index is 0.803. The van der Waals surface area contributed by atoms with Crippen molar-refractivity contribution in [1.29, 1.82) is 0 Å². The summed E-state index contributed by atoms with van der Waals surface area (Å²) in [4.78, 5) is 6.87. The Morgan fingerprint density at radius 3 is 2.82 bits per heavy atom. The number of aryl methyl sites for hydroxylation is 1. The maximum absolute atomic E-state index is 4.40. The second-order valence-electron chi connectivity index (χ2n) is 4.71. The maximum Gasteiger partial charge on any atom is 0.202 e. The molecule has 0 atom stereocenters. The summed E-state index contributed by atoms with van der Waals surface area (Å²) < 4.78 is 4.26. The van der Waals surface area contributed by atoms with Gasteiger partial charge in [-0.05, 0) is 19.9 Å². The fraction of sp³-hybridized carbons (Fsp3) is 0.833. The fourth-order valence-corrected chi connectivity index (χ4v) is 3.01. The van der Waals surface area contributed by atoms with E-state index in [1.807, 2.05) is 0 Å². The third-order valence-electron chi connectivity index (χ3n) is 3.47. The monoisotopic (exact) mass is 254 g/mol. The molecule has 1 heterocycles. The Bertz CT molecular complexity index is 333. The lowest BCUT2D eigenvalue weighted by molar-refractivity contribution is 0.254. The second-order valence-corrected chi connectivity index (χ2v) is 5.47. The molecule has 1 saturated carbocycles. The summed E-state index contributed by atoms with van der Waals surface area (Å²) in [6.07, 6.45) is 6.46. The van der Waals surface area contributed by atoms with Crippen LogP contribution in [-0.2, 0) is 6.42 Å². The molecular weight excluding hydrogens is 232 g/mol. The van der Waals surface area contributed by atoms with E-state index in [0.29, 0.717) is 0 Å². The van der Waals surface area contributed by atoms with E-state index in [4.69, 9.17) is 0 Å². The topological polar surface area (TPSA) is 41.1 Å². The Kier molecular flexibility index (Phi) is 4.74. The van der Waals surface area contributed by atoms with Gasteiger partial charge in [0.2, 0.25) is 5.13 Å². The number of rotatable bonds is 6. The average Bonchev–Trinajstić information content (AvgIpc) is 3.00. The van der Waals surface area contributed by atoms with Crippen LogP contribution < -0.4 is 5.32 Å². The Morgan fingerprint density at radius 2 is 2.18 bits per heavy atom. The SMILES string of the molecule is CCc1nsc(NCCN(C)C2CCCC2)n1. The van der Waals surface area contributed by atoms with E-state index in [9.17, 15) is 0 Å². The molecule has 0 aromatic carbocycles. The molecule has 1 fully saturated rings. The highest BCUT2D eigenvalue weighted by atomic mass is 32.1. The van der Waals surface area contributed by atoms with Crippen LogP contribution in [-0.4, -0.2) is 40.4 Å². The molecule has 4 nitrogen and oxygen atoms in total. The average molecular weight is 254 g/mol. The molecule has 0 saturated heterocycles. The summed E-state index contributed by atoms with van der Waals surface area (Å²) in [6.45, 7) is 4.14. The highest BCUT2D eigenvalue weighted by molar-refractivity contribution is 7.09. The molecule has 1 aliphatic carbocycles. The molecule has 1 N–H and O–H groups in total. The third-order valence-corrected chi connectivity index (χ3v) is 4.18. The molecule has 1 aliphatic rings. The standard InChI is InChI=1S/C12H22N4S/c1-3-11-14-12(17-15-11)13-8-9-16(2)10-6-4-5-7-10/h10H,3-9H2,1-2H3,(H,13,14,15). The van der Waals surface area contributed by atoms with Crippen molar-refractivity contribution in [2.24, 2.45) is 0 Å². The summed E-state index contributed by atoms with van der Waals surface area (Å²) in [7, 11) is 2.23. The normalized spacial score (nSPS) is 16.9. The van der Waals surface area contributed by atoms with Gasteiger partial charge in [0.25, 0.3) is 0 Å². The molecule has 1 aromatic heterocycles. The molecule has 1 aromatic rings. The van der Waals surface area contributed by atoms with E-state index in [-0.39, 0.29) is 0 Å². The van der Waals surface area contributed by atoms with Crippen LogP contribution in [0, 0.1) is 0 Å². The predicted octanol–water partition coefficient (Wildman–Crippen LogP) is 2.39. The maximum atomic E-state index is 4.40. The number of nitrogens with one attached hydrogen (secondary N) is 1. The van der Waals surface area contributed by atoms with Crippen LogP contribution in [0.3, 0.4) is 0 Å². The van der Waals surface area contributed by atoms with Crippen molar-refractivity contribution in [2.45, 2.75) is 45.1 Å². The van der Waals surface area contributed by atoms with Gasteiger partial charge in [-0.3, -0.25) is 0 Å². The number of hydrogen-bond acceptors (Lipinski definition) is 5. The third kappa shape index (κ3) is 3.64. The fourth-order valence-electron chi connectivity index (χ4n) is 2.34. The van der Waals surface area contributed by atoms with Crippen LogP contribution in [0.2, 0.25) is 0 Å². The first-order valence-corrected chi connectivity index (χ1v) is 7.33. The predicted molar refractivity (Wildman–Crippen MR) is 72.7 cm³/mol. The van der Waals surface area contributed by atoms with Gasteiger partial charge in [0.15, 0.2) is 0 Å². The van der Waals surface area contributed by atoms with Gasteiger partial charge in [-0.2, -0.15) is 4.37 Å². The number of aromatic nitrogens is 2. The summed E-state index contributed by atoms with van der Waals surface area (Å²) >= 11 is 1.47. The van der Waals surface area contributed by atoms with Gasteiger partial charge in [-0.1, -0.05) is 19.8 Å². The lowest BCUT2D eigenvalue weighted by Gasteiger charge is -2.23. The number of hydrogen-bond donors (Lipinski definition) is 1. The van der Waals surface area contributed by atoms with Gasteiger partial charge in [0.05, 0.1) is 0 Å². The molecule has 0 amide bonds. The van der Waals surface area contributed by atoms with E-state index in [0.717, 1.165) is 36.5 Å². The molecule has 0 radical (unpaired) electrons. The zero-order valence-electron chi connectivity index (χ0n) is 10.8. The largest absolute Gasteiger partial charge is 0.359 e. The molecular formula is C12H22N4S. The Morgan fingerprint density at radius 1 is 1.41 bits per heavy atom. The molecule has 0 unspecified atom stereocenters. The molecule has 0 bridgehead atoms. The first-order chi connectivity index (χ1) is 8.29. The van der Waals surface area contributed by atoms with Crippen molar-refractivity contribution in [3.05, 3.63) is 5.82 Å². The number of nitrogens with zero attached hydrogens (tertiary/aromatic N) is 3. The summed E-state index contributed by atoms with van der Waals surface area (Å²) in [5, 5.41) is 4.32. The molecule has 96 valence electrons. The van der Waals surface area contributed by atoms with Gasteiger partial charge >= 0.3 is 0 Å². The van der Waals surface area contributed by atoms with Gasteiger partial charge in [0.1, 0.15) is 5.82 Å². The number of anilines is 1. The number of likely N-dealkylation sites (N-methyl/N-ethyl adjacent to an activating group) is 1. The van der Waals surface area contributed by atoms with Crippen LogP contribution in [0.4, 0.5) is 5.13 Å². The van der Waals surface area contributed by atoms with Crippen molar-refractivity contribution >= 4 is 16.7 Å². The molecule has 5 heteroatoms. The summed E-state index contributed by atoms with van der Waals surface area (Å²) in [6, 6.07) is 0.803. The van der Waals surface area contributed by atoms with E-state index in [2.05, 4.69) is 33.5 Å². The van der Waals surface area contributed by atoms with E-state index in [1.165, 1.54) is 37.2 Å². The van der Waals surface area contributed by atoms with E-state index in [1.54, 1.807) is 0 Å². The van der Waals surface area contributed by atoms with Crippen LogP contribution >= 0.6 is 11.5 Å². The van der Waals surface area contributed by atoms with Crippen molar-refractivity contribution in [3.63, 3.8) is 0 Å². The van der Waals surface area contributed by atoms with Crippen LogP contribution in [0.1, 0.15) is 38.4 Å². The molecule has 2 rings (SSSR count). The zero-order chi connectivity index (χ0) is 12.1. The van der Waals surface area contributed by atoms with Crippen molar-refractivity contribution < 1.29 is 0 Å². The first-order valence-electron chi connectivity index (χ1n) is 6.56. The van der Waals surface area contributed by atoms with Crippen LogP contribution in [0.25, 0.3) is 0 Å².